The van der Waals surface area contributed by atoms with E-state index < -0.39 is 0 Å². The summed E-state index contributed by atoms with van der Waals surface area (Å²) in [5.74, 6) is 0.135. The molecule has 0 amide bonds. The second-order valence-electron chi connectivity index (χ2n) is 2.38. The highest BCUT2D eigenvalue weighted by molar-refractivity contribution is 5.69. The molecule has 0 bridgehead atoms. The number of hydrogen-bond donors (Lipinski definition) is 0. The van der Waals surface area contributed by atoms with Crippen molar-refractivity contribution in [3.05, 3.63) is 29.8 Å². The minimum absolute atomic E-state index is 0.128. The lowest BCUT2D eigenvalue weighted by atomic mass is 10.2. The molecule has 0 saturated carbocycles. The fraction of sp³-hybridized carbons (Fsp3) is 0.222. The monoisotopic (exact) mass is 164 g/mol. The van der Waals surface area contributed by atoms with Gasteiger partial charge < -0.3 is 4.74 Å². The fourth-order valence-corrected chi connectivity index (χ4v) is 0.904. The molecule has 0 saturated heterocycles. The normalized spacial score (nSPS) is 9.50. The van der Waals surface area contributed by atoms with E-state index in [1.807, 2.05) is 6.07 Å². The molecule has 1 N–H and O–H groups in total. The Morgan fingerprint density at radius 1 is 1.50 bits per heavy atom. The number of carbonyl (C=O) groups is 1. The topological polar surface area (TPSA) is 50.1 Å². The van der Waals surface area contributed by atoms with Crippen LogP contribution < -0.4 is 10.5 Å². The molecule has 1 aromatic carbocycles. The molecule has 0 aliphatic heterocycles. The zero-order valence-corrected chi connectivity index (χ0v) is 6.83. The molecule has 1 rings (SSSR count). The van der Waals surface area contributed by atoms with Crippen LogP contribution in [-0.2, 0) is 11.3 Å². The summed E-state index contributed by atoms with van der Waals surface area (Å²) in [5, 5.41) is 0. The summed E-state index contributed by atoms with van der Waals surface area (Å²) in [7, 11) is 0. The first-order valence-corrected chi connectivity index (χ1v) is 3.65. The highest BCUT2D eigenvalue weighted by Gasteiger charge is 2.02. The summed E-state index contributed by atoms with van der Waals surface area (Å²) < 4.78 is 4.88. The quantitative estimate of drug-likeness (QED) is 0.490. The van der Waals surface area contributed by atoms with Crippen molar-refractivity contribution in [1.29, 1.82) is 0 Å². The van der Waals surface area contributed by atoms with Gasteiger partial charge >= 0.3 is 5.97 Å². The lowest BCUT2D eigenvalue weighted by Gasteiger charge is -2.04. The van der Waals surface area contributed by atoms with Crippen LogP contribution in [0.1, 0.15) is 12.5 Å². The average molecular weight is 164 g/mol. The number of ether oxygens (including phenoxy) is 1. The van der Waals surface area contributed by atoms with Crippen LogP contribution in [-0.4, -0.2) is 5.97 Å². The van der Waals surface area contributed by atoms with Crippen molar-refractivity contribution in [2.45, 2.75) is 13.5 Å². The highest BCUT2D eigenvalue weighted by atomic mass is 16.5. The fourth-order valence-electron chi connectivity index (χ4n) is 0.904. The van der Waals surface area contributed by atoms with Gasteiger partial charge in [-0.1, -0.05) is 18.2 Å². The van der Waals surface area contributed by atoms with E-state index in [1.54, 1.807) is 18.2 Å². The summed E-state index contributed by atoms with van der Waals surface area (Å²) in [4.78, 5) is 10.6. The van der Waals surface area contributed by atoms with Gasteiger partial charge in [0.2, 0.25) is 0 Å². The Labute approximate surface area is 71.1 Å². The second-order valence-corrected chi connectivity index (χ2v) is 2.38. The Morgan fingerprint density at radius 2 is 2.17 bits per heavy atom. The molecular weight excluding hydrogens is 154 g/mol. The minimum atomic E-state index is -0.351. The van der Waals surface area contributed by atoms with Crippen LogP contribution in [0.2, 0.25) is 0 Å². The molecule has 0 aromatic heterocycles. The number of nitrogens with one attached hydrogen (secondary N) is 1. The van der Waals surface area contributed by atoms with Gasteiger partial charge in [0.25, 0.3) is 0 Å². The summed E-state index contributed by atoms with van der Waals surface area (Å²) in [6.07, 6.45) is 0. The third-order valence-electron chi connectivity index (χ3n) is 1.42. The van der Waals surface area contributed by atoms with Crippen molar-refractivity contribution in [3.8, 4) is 5.75 Å². The first-order valence-electron chi connectivity index (χ1n) is 3.65. The Hall–Kier alpha value is -1.35. The van der Waals surface area contributed by atoms with Crippen molar-refractivity contribution in [1.82, 2.24) is 5.73 Å². The molecular formula is C9H10NO2. The molecule has 0 aliphatic carbocycles. The van der Waals surface area contributed by atoms with E-state index in [4.69, 9.17) is 10.5 Å². The minimum Gasteiger partial charge on any atom is -0.426 e. The summed E-state index contributed by atoms with van der Waals surface area (Å²) >= 11 is 0. The number of esters is 1. The molecule has 63 valence electrons. The van der Waals surface area contributed by atoms with Gasteiger partial charge in [-0.2, -0.15) is 0 Å². The molecule has 0 unspecified atom stereocenters. The van der Waals surface area contributed by atoms with E-state index in [1.165, 1.54) is 6.92 Å². The number of para-hydroxylation sites is 1. The molecule has 3 heteroatoms. The molecule has 0 aliphatic rings. The Bertz CT molecular complexity index is 284. The molecule has 1 aromatic rings. The van der Waals surface area contributed by atoms with Crippen LogP contribution in [0.4, 0.5) is 0 Å². The predicted molar refractivity (Wildman–Crippen MR) is 44.6 cm³/mol. The van der Waals surface area contributed by atoms with E-state index in [0.717, 1.165) is 5.56 Å². The maximum atomic E-state index is 10.6. The van der Waals surface area contributed by atoms with E-state index in [0.29, 0.717) is 5.75 Å². The van der Waals surface area contributed by atoms with Crippen molar-refractivity contribution in [3.63, 3.8) is 0 Å². The molecule has 0 fully saturated rings. The van der Waals surface area contributed by atoms with Gasteiger partial charge in [0.1, 0.15) is 5.75 Å². The number of carbonyl (C=O) groups excluding carboxylic acids is 1. The van der Waals surface area contributed by atoms with Crippen molar-refractivity contribution >= 4 is 5.97 Å². The van der Waals surface area contributed by atoms with Gasteiger partial charge in [-0.25, -0.2) is 0 Å². The molecule has 0 heterocycles. The third-order valence-corrected chi connectivity index (χ3v) is 1.42. The van der Waals surface area contributed by atoms with Crippen LogP contribution in [0.25, 0.3) is 0 Å². The zero-order chi connectivity index (χ0) is 8.97. The molecule has 12 heavy (non-hydrogen) atoms. The number of rotatable bonds is 2. The first kappa shape index (κ1) is 8.74. The van der Waals surface area contributed by atoms with Crippen LogP contribution in [0, 0.1) is 0 Å². The summed E-state index contributed by atoms with van der Waals surface area (Å²) in [5.41, 5.74) is 7.87. The van der Waals surface area contributed by atoms with E-state index in [9.17, 15) is 4.79 Å². The largest absolute Gasteiger partial charge is 0.426 e. The average Bonchev–Trinajstić information content (AvgIpc) is 2.04. The van der Waals surface area contributed by atoms with E-state index in [-0.39, 0.29) is 12.5 Å². The zero-order valence-electron chi connectivity index (χ0n) is 6.83. The lowest BCUT2D eigenvalue weighted by molar-refractivity contribution is -0.131. The van der Waals surface area contributed by atoms with Gasteiger partial charge in [-0.3, -0.25) is 10.5 Å². The Kier molecular flexibility index (Phi) is 2.82. The van der Waals surface area contributed by atoms with Crippen molar-refractivity contribution < 1.29 is 9.53 Å². The van der Waals surface area contributed by atoms with Gasteiger partial charge in [0, 0.05) is 19.0 Å². The van der Waals surface area contributed by atoms with Gasteiger partial charge in [-0.15, -0.1) is 0 Å². The predicted octanol–water partition coefficient (Wildman–Crippen LogP) is 1.39. The number of benzene rings is 1. The molecule has 3 nitrogen and oxygen atoms in total. The lowest BCUT2D eigenvalue weighted by Crippen LogP contribution is -2.03. The molecule has 1 radical (unpaired) electrons. The summed E-state index contributed by atoms with van der Waals surface area (Å²) in [6.45, 7) is 1.48. The van der Waals surface area contributed by atoms with Crippen molar-refractivity contribution in [2.75, 3.05) is 0 Å². The molecule has 0 spiro atoms. The van der Waals surface area contributed by atoms with Gasteiger partial charge in [0.15, 0.2) is 0 Å². The maximum Gasteiger partial charge on any atom is 0.308 e. The van der Waals surface area contributed by atoms with Gasteiger partial charge in [0.05, 0.1) is 0 Å². The standard InChI is InChI=1S/C9H10NO2/c1-7(11)12-9-5-3-2-4-8(9)6-10/h2-5,10H,6H2,1H3. The summed E-state index contributed by atoms with van der Waals surface area (Å²) in [6, 6.07) is 7.05. The van der Waals surface area contributed by atoms with Crippen LogP contribution in [0.15, 0.2) is 24.3 Å². The van der Waals surface area contributed by atoms with Gasteiger partial charge in [-0.05, 0) is 6.07 Å². The Balaban J connectivity index is 2.89. The Morgan fingerprint density at radius 3 is 2.75 bits per heavy atom. The maximum absolute atomic E-state index is 10.6. The second kappa shape index (κ2) is 3.88. The SMILES string of the molecule is CC(=O)Oc1ccccc1C[NH]. The van der Waals surface area contributed by atoms with Crippen LogP contribution in [0.3, 0.4) is 0 Å². The first-order chi connectivity index (χ1) is 5.74. The van der Waals surface area contributed by atoms with Crippen LogP contribution >= 0.6 is 0 Å². The van der Waals surface area contributed by atoms with E-state index in [2.05, 4.69) is 0 Å². The third kappa shape index (κ3) is 2.07. The van der Waals surface area contributed by atoms with Crippen molar-refractivity contribution in [2.24, 2.45) is 0 Å². The van der Waals surface area contributed by atoms with Crippen LogP contribution in [0.5, 0.6) is 5.75 Å². The smallest absolute Gasteiger partial charge is 0.308 e. The number of hydrogen-bond acceptors (Lipinski definition) is 2. The molecule has 0 atom stereocenters. The highest BCUT2D eigenvalue weighted by Crippen LogP contribution is 2.17. The van der Waals surface area contributed by atoms with E-state index >= 15 is 0 Å².